The van der Waals surface area contributed by atoms with E-state index in [9.17, 15) is 0 Å². The fourth-order valence-electron chi connectivity index (χ4n) is 1.73. The van der Waals surface area contributed by atoms with Crippen molar-refractivity contribution in [2.45, 2.75) is 20.4 Å². The van der Waals surface area contributed by atoms with E-state index >= 15 is 0 Å². The van der Waals surface area contributed by atoms with Gasteiger partial charge >= 0.3 is 0 Å². The average Bonchev–Trinajstić information content (AvgIpc) is 2.50. The van der Waals surface area contributed by atoms with E-state index in [0.29, 0.717) is 0 Å². The third-order valence-corrected chi connectivity index (χ3v) is 3.04. The molecule has 1 aromatic carbocycles. The predicted octanol–water partition coefficient (Wildman–Crippen LogP) is 3.22. The lowest BCUT2D eigenvalue weighted by molar-refractivity contribution is -0.117. The third-order valence-electron chi connectivity index (χ3n) is 2.51. The van der Waals surface area contributed by atoms with Crippen LogP contribution in [-0.4, -0.2) is 18.2 Å². The monoisotopic (exact) mass is 269 g/mol. The maximum absolute atomic E-state index is 5.62. The van der Waals surface area contributed by atoms with Crippen LogP contribution in [0.25, 0.3) is 0 Å². The molecule has 0 atom stereocenters. The zero-order valence-corrected chi connectivity index (χ0v) is 10.8. The van der Waals surface area contributed by atoms with E-state index in [1.807, 2.05) is 5.06 Å². The Morgan fingerprint density at radius 2 is 2.00 bits per heavy atom. The van der Waals surface area contributed by atoms with Gasteiger partial charge in [-0.05, 0) is 17.7 Å². The van der Waals surface area contributed by atoms with Crippen LogP contribution in [0.5, 0.6) is 0 Å². The normalized spacial score (nSPS) is 20.7. The van der Waals surface area contributed by atoms with Crippen molar-refractivity contribution >= 4 is 15.9 Å². The highest BCUT2D eigenvalue weighted by Crippen LogP contribution is 2.26. The van der Waals surface area contributed by atoms with Gasteiger partial charge in [0.15, 0.2) is 0 Å². The fraction of sp³-hybridized carbons (Fsp3) is 0.500. The van der Waals surface area contributed by atoms with Gasteiger partial charge in [-0.1, -0.05) is 41.9 Å². The van der Waals surface area contributed by atoms with Crippen molar-refractivity contribution in [2.24, 2.45) is 5.41 Å². The Morgan fingerprint density at radius 1 is 1.33 bits per heavy atom. The van der Waals surface area contributed by atoms with Gasteiger partial charge in [0, 0.05) is 23.0 Å². The highest BCUT2D eigenvalue weighted by atomic mass is 79.9. The van der Waals surface area contributed by atoms with Crippen molar-refractivity contribution in [3.05, 3.63) is 34.3 Å². The molecule has 0 aromatic heterocycles. The highest BCUT2D eigenvalue weighted by Gasteiger charge is 2.30. The lowest BCUT2D eigenvalue weighted by Gasteiger charge is -2.16. The number of hydroxylamine groups is 2. The zero-order valence-electron chi connectivity index (χ0n) is 9.16. The Labute approximate surface area is 99.3 Å². The van der Waals surface area contributed by atoms with Gasteiger partial charge in [-0.25, -0.2) is 0 Å². The molecule has 1 heterocycles. The summed E-state index contributed by atoms with van der Waals surface area (Å²) in [6.45, 7) is 7.16. The minimum Gasteiger partial charge on any atom is -0.298 e. The summed E-state index contributed by atoms with van der Waals surface area (Å²) in [5, 5.41) is 2.04. The second-order valence-corrected chi connectivity index (χ2v) is 5.78. The van der Waals surface area contributed by atoms with Crippen LogP contribution in [0.4, 0.5) is 0 Å². The molecule has 0 amide bonds. The molecule has 0 unspecified atom stereocenters. The number of hydrogen-bond donors (Lipinski definition) is 0. The molecule has 0 bridgehead atoms. The zero-order chi connectivity index (χ0) is 10.9. The van der Waals surface area contributed by atoms with Crippen LogP contribution in [0.2, 0.25) is 0 Å². The molecule has 15 heavy (non-hydrogen) atoms. The first kappa shape index (κ1) is 11.1. The molecule has 0 N–H and O–H groups in total. The van der Waals surface area contributed by atoms with Crippen molar-refractivity contribution in [2.75, 3.05) is 13.2 Å². The van der Waals surface area contributed by atoms with Crippen LogP contribution >= 0.6 is 15.9 Å². The van der Waals surface area contributed by atoms with Gasteiger partial charge in [0.25, 0.3) is 0 Å². The standard InChI is InChI=1S/C12H16BrNO/c1-12(2)8-14(15-9-12)7-10-3-5-11(13)6-4-10/h3-6H,7-9H2,1-2H3. The first-order valence-corrected chi connectivity index (χ1v) is 5.97. The van der Waals surface area contributed by atoms with Crippen LogP contribution in [0.15, 0.2) is 28.7 Å². The molecule has 0 spiro atoms. The Hall–Kier alpha value is -0.380. The SMILES string of the molecule is CC1(C)CON(Cc2ccc(Br)cc2)C1. The molecule has 2 rings (SSSR count). The first-order valence-electron chi connectivity index (χ1n) is 5.17. The van der Waals surface area contributed by atoms with Crippen molar-refractivity contribution in [3.63, 3.8) is 0 Å². The molecule has 82 valence electrons. The summed E-state index contributed by atoms with van der Waals surface area (Å²) in [7, 11) is 0. The molecule has 3 heteroatoms. The van der Waals surface area contributed by atoms with Gasteiger partial charge in [0.1, 0.15) is 0 Å². The van der Waals surface area contributed by atoms with Crippen LogP contribution in [0.1, 0.15) is 19.4 Å². The Bertz CT molecular complexity index is 334. The van der Waals surface area contributed by atoms with Gasteiger partial charge in [-0.2, -0.15) is 5.06 Å². The number of rotatable bonds is 2. The number of nitrogens with zero attached hydrogens (tertiary/aromatic N) is 1. The van der Waals surface area contributed by atoms with Crippen LogP contribution in [0, 0.1) is 5.41 Å². The van der Waals surface area contributed by atoms with Gasteiger partial charge in [-0.3, -0.25) is 4.84 Å². The van der Waals surface area contributed by atoms with Gasteiger partial charge < -0.3 is 0 Å². The maximum Gasteiger partial charge on any atom is 0.0749 e. The molecule has 0 radical (unpaired) electrons. The number of benzene rings is 1. The summed E-state index contributed by atoms with van der Waals surface area (Å²) < 4.78 is 1.12. The second kappa shape index (κ2) is 4.24. The van der Waals surface area contributed by atoms with E-state index in [0.717, 1.165) is 24.2 Å². The Morgan fingerprint density at radius 3 is 2.53 bits per heavy atom. The number of halogens is 1. The molecule has 0 aliphatic carbocycles. The fourth-order valence-corrected chi connectivity index (χ4v) is 1.99. The van der Waals surface area contributed by atoms with Gasteiger partial charge in [0.2, 0.25) is 0 Å². The van der Waals surface area contributed by atoms with E-state index in [1.54, 1.807) is 0 Å². The lowest BCUT2D eigenvalue weighted by Crippen LogP contribution is -2.22. The largest absolute Gasteiger partial charge is 0.298 e. The molecule has 1 aliphatic rings. The highest BCUT2D eigenvalue weighted by molar-refractivity contribution is 9.10. The van der Waals surface area contributed by atoms with E-state index < -0.39 is 0 Å². The summed E-state index contributed by atoms with van der Waals surface area (Å²) in [5.74, 6) is 0. The van der Waals surface area contributed by atoms with Crippen molar-refractivity contribution in [1.82, 2.24) is 5.06 Å². The lowest BCUT2D eigenvalue weighted by atomic mass is 9.96. The topological polar surface area (TPSA) is 12.5 Å². The molecule has 1 aliphatic heterocycles. The molecule has 0 saturated carbocycles. The second-order valence-electron chi connectivity index (χ2n) is 4.86. The quantitative estimate of drug-likeness (QED) is 0.818. The van der Waals surface area contributed by atoms with E-state index in [1.165, 1.54) is 5.56 Å². The Kier molecular flexibility index (Phi) is 3.14. The predicted molar refractivity (Wildman–Crippen MR) is 64.3 cm³/mol. The van der Waals surface area contributed by atoms with Gasteiger partial charge in [0.05, 0.1) is 6.61 Å². The third kappa shape index (κ3) is 3.03. The van der Waals surface area contributed by atoms with Crippen LogP contribution in [0.3, 0.4) is 0 Å². The maximum atomic E-state index is 5.62. The summed E-state index contributed by atoms with van der Waals surface area (Å²) >= 11 is 3.43. The molecular weight excluding hydrogens is 254 g/mol. The Balaban J connectivity index is 1.96. The van der Waals surface area contributed by atoms with E-state index in [-0.39, 0.29) is 5.41 Å². The summed E-state index contributed by atoms with van der Waals surface area (Å²) in [4.78, 5) is 5.62. The van der Waals surface area contributed by atoms with Crippen LogP contribution in [-0.2, 0) is 11.4 Å². The summed E-state index contributed by atoms with van der Waals surface area (Å²) in [5.41, 5.74) is 1.57. The van der Waals surface area contributed by atoms with Crippen molar-refractivity contribution in [1.29, 1.82) is 0 Å². The minimum atomic E-state index is 0.287. The van der Waals surface area contributed by atoms with E-state index in [4.69, 9.17) is 4.84 Å². The van der Waals surface area contributed by atoms with Gasteiger partial charge in [-0.15, -0.1) is 0 Å². The first-order chi connectivity index (χ1) is 7.05. The average molecular weight is 270 g/mol. The molecule has 1 aromatic rings. The number of hydrogen-bond acceptors (Lipinski definition) is 2. The van der Waals surface area contributed by atoms with Crippen molar-refractivity contribution < 1.29 is 4.84 Å². The molecule has 1 fully saturated rings. The van der Waals surface area contributed by atoms with E-state index in [2.05, 4.69) is 54.0 Å². The molecular formula is C12H16BrNO. The molecule has 2 nitrogen and oxygen atoms in total. The van der Waals surface area contributed by atoms with Crippen LogP contribution < -0.4 is 0 Å². The smallest absolute Gasteiger partial charge is 0.0749 e. The molecule has 1 saturated heterocycles. The summed E-state index contributed by atoms with van der Waals surface area (Å²) in [6.07, 6.45) is 0. The summed E-state index contributed by atoms with van der Waals surface area (Å²) in [6, 6.07) is 8.38. The minimum absolute atomic E-state index is 0.287. The van der Waals surface area contributed by atoms with Crippen molar-refractivity contribution in [3.8, 4) is 0 Å².